The van der Waals surface area contributed by atoms with Crippen LogP contribution < -0.4 is 20.5 Å². The van der Waals surface area contributed by atoms with Gasteiger partial charge in [0.1, 0.15) is 0 Å². The van der Waals surface area contributed by atoms with E-state index >= 15 is 0 Å². The molecule has 0 bridgehead atoms. The summed E-state index contributed by atoms with van der Waals surface area (Å²) in [7, 11) is 3.13. The van der Waals surface area contributed by atoms with Crippen molar-refractivity contribution in [1.29, 1.82) is 0 Å². The number of anilines is 1. The lowest BCUT2D eigenvalue weighted by Gasteiger charge is -2.15. The molecule has 0 saturated carbocycles. The average Bonchev–Trinajstić information content (AvgIpc) is 2.40. The highest BCUT2D eigenvalue weighted by Crippen LogP contribution is 2.32. The van der Waals surface area contributed by atoms with Crippen molar-refractivity contribution in [3.05, 3.63) is 17.7 Å². The van der Waals surface area contributed by atoms with E-state index in [9.17, 15) is 4.79 Å². The van der Waals surface area contributed by atoms with E-state index in [1.54, 1.807) is 20.3 Å². The fourth-order valence-electron chi connectivity index (χ4n) is 1.78. The quantitative estimate of drug-likeness (QED) is 0.826. The predicted octanol–water partition coefficient (Wildman–Crippen LogP) is 2.08. The Morgan fingerprint density at radius 2 is 1.89 bits per heavy atom. The van der Waals surface area contributed by atoms with Crippen LogP contribution in [0.2, 0.25) is 0 Å². The molecule has 5 heteroatoms. The lowest BCUT2D eigenvalue weighted by atomic mass is 10.1. The highest BCUT2D eigenvalue weighted by atomic mass is 16.5. The zero-order chi connectivity index (χ0) is 14.4. The molecule has 0 aliphatic heterocycles. The largest absolute Gasteiger partial charge is 0.493 e. The molecule has 1 atom stereocenters. The first-order valence-electron chi connectivity index (χ1n) is 6.32. The summed E-state index contributed by atoms with van der Waals surface area (Å²) >= 11 is 0. The van der Waals surface area contributed by atoms with Gasteiger partial charge in [0.15, 0.2) is 11.5 Å². The number of nitrogens with two attached hydrogens (primary N) is 1. The maximum atomic E-state index is 11.9. The van der Waals surface area contributed by atoms with Gasteiger partial charge in [0.05, 0.1) is 20.3 Å². The second kappa shape index (κ2) is 6.99. The zero-order valence-corrected chi connectivity index (χ0v) is 11.9. The number of methoxy groups -OCH3 is 2. The maximum Gasteiger partial charge on any atom is 0.241 e. The summed E-state index contributed by atoms with van der Waals surface area (Å²) in [6.07, 6.45) is 1.54. The highest BCUT2D eigenvalue weighted by Gasteiger charge is 2.15. The molecular formula is C14H22N2O3. The number of rotatable bonds is 6. The number of benzene rings is 1. The second-order valence-corrected chi connectivity index (χ2v) is 4.41. The van der Waals surface area contributed by atoms with Gasteiger partial charge in [0.25, 0.3) is 0 Å². The summed E-state index contributed by atoms with van der Waals surface area (Å²) in [5, 5.41) is 2.82. The van der Waals surface area contributed by atoms with Crippen LogP contribution >= 0.6 is 0 Å². The molecule has 0 spiro atoms. The molecule has 0 aliphatic carbocycles. The summed E-state index contributed by atoms with van der Waals surface area (Å²) in [6.45, 7) is 3.89. The molecule has 1 rings (SSSR count). The molecule has 19 heavy (non-hydrogen) atoms. The minimum absolute atomic E-state index is 0.183. The fraction of sp³-hybridized carbons (Fsp3) is 0.500. The Bertz CT molecular complexity index is 447. The van der Waals surface area contributed by atoms with E-state index in [0.717, 1.165) is 12.0 Å². The third kappa shape index (κ3) is 3.86. The Morgan fingerprint density at radius 1 is 1.32 bits per heavy atom. The second-order valence-electron chi connectivity index (χ2n) is 4.41. The molecule has 1 unspecified atom stereocenters. The van der Waals surface area contributed by atoms with Gasteiger partial charge in [0, 0.05) is 11.8 Å². The van der Waals surface area contributed by atoms with Gasteiger partial charge in [-0.15, -0.1) is 0 Å². The molecule has 1 aromatic carbocycles. The molecule has 0 heterocycles. The summed E-state index contributed by atoms with van der Waals surface area (Å²) in [5.41, 5.74) is 7.37. The van der Waals surface area contributed by atoms with E-state index in [2.05, 4.69) is 5.32 Å². The minimum atomic E-state index is -0.488. The molecule has 5 nitrogen and oxygen atoms in total. The molecule has 0 aliphatic rings. The molecule has 1 aromatic rings. The molecular weight excluding hydrogens is 244 g/mol. The van der Waals surface area contributed by atoms with Crippen molar-refractivity contribution in [3.63, 3.8) is 0 Å². The van der Waals surface area contributed by atoms with Crippen LogP contribution in [0.3, 0.4) is 0 Å². The van der Waals surface area contributed by atoms with E-state index in [4.69, 9.17) is 15.2 Å². The SMILES string of the molecule is CCCC(N)C(=O)Nc1cc(OC)c(OC)cc1C. The predicted molar refractivity (Wildman–Crippen MR) is 75.8 cm³/mol. The summed E-state index contributed by atoms with van der Waals surface area (Å²) in [5.74, 6) is 1.03. The molecule has 0 radical (unpaired) electrons. The Labute approximate surface area is 114 Å². The first-order chi connectivity index (χ1) is 9.03. The zero-order valence-electron chi connectivity index (χ0n) is 11.9. The normalized spacial score (nSPS) is 11.8. The van der Waals surface area contributed by atoms with Crippen molar-refractivity contribution in [2.24, 2.45) is 5.73 Å². The van der Waals surface area contributed by atoms with Crippen molar-refractivity contribution in [2.75, 3.05) is 19.5 Å². The molecule has 106 valence electrons. The van der Waals surface area contributed by atoms with Crippen molar-refractivity contribution in [2.45, 2.75) is 32.7 Å². The van der Waals surface area contributed by atoms with E-state index in [1.807, 2.05) is 19.9 Å². The van der Waals surface area contributed by atoms with Crippen LogP contribution in [0.4, 0.5) is 5.69 Å². The maximum absolute atomic E-state index is 11.9. The summed E-state index contributed by atoms with van der Waals surface area (Å²) in [4.78, 5) is 11.9. The van der Waals surface area contributed by atoms with Crippen molar-refractivity contribution in [3.8, 4) is 11.5 Å². The van der Waals surface area contributed by atoms with Crippen molar-refractivity contribution in [1.82, 2.24) is 0 Å². The van der Waals surface area contributed by atoms with Crippen LogP contribution in [-0.2, 0) is 4.79 Å². The standard InChI is InChI=1S/C14H22N2O3/c1-5-6-10(15)14(17)16-11-8-13(19-4)12(18-3)7-9(11)2/h7-8,10H,5-6,15H2,1-4H3,(H,16,17). The topological polar surface area (TPSA) is 73.6 Å². The molecule has 0 fully saturated rings. The van der Waals surface area contributed by atoms with Crippen LogP contribution in [0.1, 0.15) is 25.3 Å². The van der Waals surface area contributed by atoms with Crippen LogP contribution in [0, 0.1) is 6.92 Å². The average molecular weight is 266 g/mol. The first-order valence-corrected chi connectivity index (χ1v) is 6.32. The Morgan fingerprint density at radius 3 is 2.42 bits per heavy atom. The number of hydrogen-bond acceptors (Lipinski definition) is 4. The van der Waals surface area contributed by atoms with Gasteiger partial charge >= 0.3 is 0 Å². The number of carbonyl (C=O) groups is 1. The first kappa shape index (κ1) is 15.3. The van der Waals surface area contributed by atoms with Gasteiger partial charge in [-0.3, -0.25) is 4.79 Å². The number of ether oxygens (including phenoxy) is 2. The number of carbonyl (C=O) groups excluding carboxylic acids is 1. The Balaban J connectivity index is 2.92. The van der Waals surface area contributed by atoms with Crippen molar-refractivity contribution >= 4 is 11.6 Å². The number of hydrogen-bond donors (Lipinski definition) is 2. The molecule has 3 N–H and O–H groups in total. The van der Waals surface area contributed by atoms with E-state index in [-0.39, 0.29) is 5.91 Å². The molecule has 0 saturated heterocycles. The van der Waals surface area contributed by atoms with Crippen LogP contribution in [-0.4, -0.2) is 26.2 Å². The molecule has 0 aromatic heterocycles. The van der Waals surface area contributed by atoms with Crippen LogP contribution in [0.25, 0.3) is 0 Å². The van der Waals surface area contributed by atoms with Gasteiger partial charge in [-0.25, -0.2) is 0 Å². The van der Waals surface area contributed by atoms with Crippen LogP contribution in [0.5, 0.6) is 11.5 Å². The van der Waals surface area contributed by atoms with Gasteiger partial charge in [-0.1, -0.05) is 13.3 Å². The molecule has 1 amide bonds. The minimum Gasteiger partial charge on any atom is -0.493 e. The van der Waals surface area contributed by atoms with Gasteiger partial charge < -0.3 is 20.5 Å². The van der Waals surface area contributed by atoms with E-state index in [1.165, 1.54) is 0 Å². The lowest BCUT2D eigenvalue weighted by molar-refractivity contribution is -0.117. The van der Waals surface area contributed by atoms with Gasteiger partial charge in [0.2, 0.25) is 5.91 Å². The smallest absolute Gasteiger partial charge is 0.241 e. The Kier molecular flexibility index (Phi) is 5.63. The van der Waals surface area contributed by atoms with Crippen LogP contribution in [0.15, 0.2) is 12.1 Å². The van der Waals surface area contributed by atoms with E-state index in [0.29, 0.717) is 23.6 Å². The fourth-order valence-corrected chi connectivity index (χ4v) is 1.78. The van der Waals surface area contributed by atoms with Crippen molar-refractivity contribution < 1.29 is 14.3 Å². The summed E-state index contributed by atoms with van der Waals surface area (Å²) in [6, 6.07) is 3.07. The lowest BCUT2D eigenvalue weighted by Crippen LogP contribution is -2.35. The highest BCUT2D eigenvalue weighted by molar-refractivity contribution is 5.95. The number of nitrogens with one attached hydrogen (secondary N) is 1. The summed E-state index contributed by atoms with van der Waals surface area (Å²) < 4.78 is 10.4. The number of aryl methyl sites for hydroxylation is 1. The monoisotopic (exact) mass is 266 g/mol. The van der Waals surface area contributed by atoms with E-state index < -0.39 is 6.04 Å². The Hall–Kier alpha value is -1.75. The number of amides is 1. The van der Waals surface area contributed by atoms with Gasteiger partial charge in [-0.05, 0) is 25.0 Å². The third-order valence-electron chi connectivity index (χ3n) is 2.92. The van der Waals surface area contributed by atoms with Gasteiger partial charge in [-0.2, -0.15) is 0 Å². The third-order valence-corrected chi connectivity index (χ3v) is 2.92.